The van der Waals surface area contributed by atoms with E-state index < -0.39 is 0 Å². The van der Waals surface area contributed by atoms with Gasteiger partial charge in [0.25, 0.3) is 5.91 Å². The number of benzene rings is 1. The molecular formula is C15H22N2O3. The minimum Gasteiger partial charge on any atom is -0.491 e. The minimum atomic E-state index is -0.193. The molecule has 5 nitrogen and oxygen atoms in total. The Kier molecular flexibility index (Phi) is 4.49. The van der Waals surface area contributed by atoms with Gasteiger partial charge >= 0.3 is 0 Å². The molecule has 1 aliphatic carbocycles. The van der Waals surface area contributed by atoms with E-state index in [1.807, 2.05) is 6.92 Å². The third kappa shape index (κ3) is 2.88. The number of nitrogens with one attached hydrogen (secondary N) is 1. The lowest BCUT2D eigenvalue weighted by Gasteiger charge is -2.40. The van der Waals surface area contributed by atoms with Crippen LogP contribution >= 0.6 is 0 Å². The molecule has 0 aromatic heterocycles. The Hall–Kier alpha value is -1.75. The predicted molar refractivity (Wildman–Crippen MR) is 77.9 cm³/mol. The van der Waals surface area contributed by atoms with E-state index in [4.69, 9.17) is 15.2 Å². The first-order chi connectivity index (χ1) is 9.62. The van der Waals surface area contributed by atoms with E-state index in [0.717, 1.165) is 19.3 Å². The molecule has 20 heavy (non-hydrogen) atoms. The second kappa shape index (κ2) is 6.13. The van der Waals surface area contributed by atoms with Gasteiger partial charge in [-0.2, -0.15) is 0 Å². The number of amides is 1. The van der Waals surface area contributed by atoms with Gasteiger partial charge in [0.2, 0.25) is 0 Å². The summed E-state index contributed by atoms with van der Waals surface area (Å²) >= 11 is 0. The standard InChI is InChI=1S/C15H22N2O3/c1-3-20-13-11(6-4-7-12(13)16)14(18)17-10-15(19-2)8-5-9-15/h4,6-7H,3,5,8-10,16H2,1-2H3,(H,17,18). The average Bonchev–Trinajstić information content (AvgIpc) is 2.40. The molecule has 0 spiro atoms. The number of hydrogen-bond donors (Lipinski definition) is 2. The van der Waals surface area contributed by atoms with Gasteiger partial charge in [-0.25, -0.2) is 0 Å². The molecule has 1 saturated carbocycles. The van der Waals surface area contributed by atoms with Gasteiger partial charge in [-0.1, -0.05) is 6.07 Å². The summed E-state index contributed by atoms with van der Waals surface area (Å²) in [6, 6.07) is 5.20. The predicted octanol–water partition coefficient (Wildman–Crippen LogP) is 1.97. The molecule has 1 fully saturated rings. The lowest BCUT2D eigenvalue weighted by molar-refractivity contribution is -0.0679. The highest BCUT2D eigenvalue weighted by Gasteiger charge is 2.37. The molecule has 0 radical (unpaired) electrons. The van der Waals surface area contributed by atoms with Crippen molar-refractivity contribution in [1.82, 2.24) is 5.32 Å². The molecule has 3 N–H and O–H groups in total. The first-order valence-electron chi connectivity index (χ1n) is 6.96. The third-order valence-electron chi connectivity index (χ3n) is 3.85. The van der Waals surface area contributed by atoms with Crippen molar-refractivity contribution < 1.29 is 14.3 Å². The SMILES string of the molecule is CCOc1c(N)cccc1C(=O)NCC1(OC)CCC1. The second-order valence-electron chi connectivity index (χ2n) is 5.08. The number of anilines is 1. The van der Waals surface area contributed by atoms with Crippen molar-refractivity contribution in [2.45, 2.75) is 31.8 Å². The van der Waals surface area contributed by atoms with Crippen LogP contribution in [0.25, 0.3) is 0 Å². The van der Waals surface area contributed by atoms with Crippen molar-refractivity contribution in [3.8, 4) is 5.75 Å². The van der Waals surface area contributed by atoms with Crippen molar-refractivity contribution in [1.29, 1.82) is 0 Å². The Bertz CT molecular complexity index is 478. The Labute approximate surface area is 119 Å². The van der Waals surface area contributed by atoms with Crippen LogP contribution in [-0.2, 0) is 4.74 Å². The largest absolute Gasteiger partial charge is 0.491 e. The molecule has 1 aromatic rings. The molecule has 0 saturated heterocycles. The second-order valence-corrected chi connectivity index (χ2v) is 5.08. The third-order valence-corrected chi connectivity index (χ3v) is 3.85. The summed E-state index contributed by atoms with van der Waals surface area (Å²) in [7, 11) is 1.69. The van der Waals surface area contributed by atoms with Crippen molar-refractivity contribution in [3.05, 3.63) is 23.8 Å². The molecular weight excluding hydrogens is 256 g/mol. The number of nitrogen functional groups attached to an aromatic ring is 1. The zero-order valence-electron chi connectivity index (χ0n) is 12.1. The fourth-order valence-corrected chi connectivity index (χ4v) is 2.40. The zero-order valence-corrected chi connectivity index (χ0v) is 12.1. The maximum absolute atomic E-state index is 12.3. The first kappa shape index (κ1) is 14.7. The summed E-state index contributed by atoms with van der Waals surface area (Å²) in [5.74, 6) is 0.275. The average molecular weight is 278 g/mol. The number of nitrogens with two attached hydrogens (primary N) is 1. The van der Waals surface area contributed by atoms with E-state index >= 15 is 0 Å². The minimum absolute atomic E-state index is 0.177. The van der Waals surface area contributed by atoms with E-state index in [-0.39, 0.29) is 11.5 Å². The Morgan fingerprint density at radius 2 is 2.20 bits per heavy atom. The summed E-state index contributed by atoms with van der Waals surface area (Å²) in [4.78, 5) is 12.3. The van der Waals surface area contributed by atoms with Crippen molar-refractivity contribution in [2.24, 2.45) is 0 Å². The topological polar surface area (TPSA) is 73.6 Å². The zero-order chi connectivity index (χ0) is 14.6. The van der Waals surface area contributed by atoms with Gasteiger partial charge in [-0.15, -0.1) is 0 Å². The summed E-state index contributed by atoms with van der Waals surface area (Å²) in [5.41, 5.74) is 6.61. The van der Waals surface area contributed by atoms with E-state index in [0.29, 0.717) is 30.2 Å². The van der Waals surface area contributed by atoms with Crippen molar-refractivity contribution in [2.75, 3.05) is 26.0 Å². The highest BCUT2D eigenvalue weighted by atomic mass is 16.5. The quantitative estimate of drug-likeness (QED) is 0.780. The van der Waals surface area contributed by atoms with Gasteiger partial charge in [0, 0.05) is 13.7 Å². The number of carbonyl (C=O) groups is 1. The summed E-state index contributed by atoms with van der Waals surface area (Å²) in [6.07, 6.45) is 3.12. The highest BCUT2D eigenvalue weighted by Crippen LogP contribution is 2.34. The number of rotatable bonds is 6. The highest BCUT2D eigenvalue weighted by molar-refractivity contribution is 5.98. The van der Waals surface area contributed by atoms with Crippen LogP contribution in [0.4, 0.5) is 5.69 Å². The van der Waals surface area contributed by atoms with Crippen LogP contribution in [0.15, 0.2) is 18.2 Å². The van der Waals surface area contributed by atoms with E-state index in [9.17, 15) is 4.79 Å². The van der Waals surface area contributed by atoms with Gasteiger partial charge in [-0.05, 0) is 38.3 Å². The Balaban J connectivity index is 2.07. The molecule has 1 aromatic carbocycles. The van der Waals surface area contributed by atoms with Crippen molar-refractivity contribution >= 4 is 11.6 Å². The maximum Gasteiger partial charge on any atom is 0.255 e. The lowest BCUT2D eigenvalue weighted by Crippen LogP contribution is -2.49. The Morgan fingerprint density at radius 1 is 1.45 bits per heavy atom. The van der Waals surface area contributed by atoms with Gasteiger partial charge in [-0.3, -0.25) is 4.79 Å². The summed E-state index contributed by atoms with van der Waals surface area (Å²) in [6.45, 7) is 2.85. The number of carbonyl (C=O) groups excluding carboxylic acids is 1. The van der Waals surface area contributed by atoms with Crippen LogP contribution in [0.1, 0.15) is 36.5 Å². The number of hydrogen-bond acceptors (Lipinski definition) is 4. The van der Waals surface area contributed by atoms with Crippen LogP contribution in [0.3, 0.4) is 0 Å². The van der Waals surface area contributed by atoms with Gasteiger partial charge in [0.1, 0.15) is 0 Å². The first-order valence-corrected chi connectivity index (χ1v) is 6.96. The molecule has 1 amide bonds. The number of ether oxygens (including phenoxy) is 2. The van der Waals surface area contributed by atoms with E-state index in [1.54, 1.807) is 25.3 Å². The van der Waals surface area contributed by atoms with Gasteiger partial charge < -0.3 is 20.5 Å². The fraction of sp³-hybridized carbons (Fsp3) is 0.533. The Morgan fingerprint density at radius 3 is 2.75 bits per heavy atom. The van der Waals surface area contributed by atoms with E-state index in [1.165, 1.54) is 0 Å². The molecule has 110 valence electrons. The normalized spacial score (nSPS) is 16.3. The van der Waals surface area contributed by atoms with Crippen LogP contribution in [-0.4, -0.2) is 31.8 Å². The molecule has 2 rings (SSSR count). The number of para-hydroxylation sites is 1. The van der Waals surface area contributed by atoms with Crippen LogP contribution in [0.2, 0.25) is 0 Å². The van der Waals surface area contributed by atoms with Gasteiger partial charge in [0.05, 0.1) is 23.5 Å². The molecule has 5 heteroatoms. The lowest BCUT2D eigenvalue weighted by atomic mass is 9.80. The number of methoxy groups -OCH3 is 1. The molecule has 0 aliphatic heterocycles. The monoisotopic (exact) mass is 278 g/mol. The molecule has 0 atom stereocenters. The summed E-state index contributed by atoms with van der Waals surface area (Å²) in [5, 5.41) is 2.92. The summed E-state index contributed by atoms with van der Waals surface area (Å²) < 4.78 is 11.0. The molecule has 0 unspecified atom stereocenters. The molecule has 1 aliphatic rings. The van der Waals surface area contributed by atoms with E-state index in [2.05, 4.69) is 5.32 Å². The van der Waals surface area contributed by atoms with Gasteiger partial charge in [0.15, 0.2) is 5.75 Å². The molecule has 0 bridgehead atoms. The van der Waals surface area contributed by atoms with Crippen LogP contribution < -0.4 is 15.8 Å². The van der Waals surface area contributed by atoms with Crippen molar-refractivity contribution in [3.63, 3.8) is 0 Å². The van der Waals surface area contributed by atoms with Crippen LogP contribution in [0.5, 0.6) is 5.75 Å². The maximum atomic E-state index is 12.3. The fourth-order valence-electron chi connectivity index (χ4n) is 2.40. The smallest absolute Gasteiger partial charge is 0.255 e. The molecule has 0 heterocycles. The van der Waals surface area contributed by atoms with Crippen LogP contribution in [0, 0.1) is 0 Å².